The lowest BCUT2D eigenvalue weighted by molar-refractivity contribution is 1.41. The Morgan fingerprint density at radius 3 is 1.80 bits per heavy atom. The smallest absolute Gasteiger partial charge is 0.0377 e. The van der Waals surface area contributed by atoms with Gasteiger partial charge in [-0.1, -0.05) is 5.57 Å². The van der Waals surface area contributed by atoms with Crippen molar-refractivity contribution in [2.45, 2.75) is 13.8 Å². The van der Waals surface area contributed by atoms with Gasteiger partial charge in [-0.05, 0) is 13.8 Å². The first-order valence-corrected chi connectivity index (χ1v) is 2.51. The maximum Gasteiger partial charge on any atom is 0.0377 e. The van der Waals surface area contributed by atoms with E-state index in [4.69, 9.17) is 0 Å². The molecule has 5 heavy (non-hydrogen) atoms. The van der Waals surface area contributed by atoms with E-state index in [1.807, 2.05) is 10.2 Å². The van der Waals surface area contributed by atoms with E-state index in [2.05, 4.69) is 19.5 Å². The van der Waals surface area contributed by atoms with Crippen molar-refractivity contribution >= 4 is 10.2 Å². The highest BCUT2D eigenvalue weighted by Crippen LogP contribution is 1.79. The van der Waals surface area contributed by atoms with Gasteiger partial charge in [0.25, 0.3) is 0 Å². The zero-order valence-electron chi connectivity index (χ0n) is 3.78. The van der Waals surface area contributed by atoms with Crippen molar-refractivity contribution in [3.05, 3.63) is 11.3 Å². The lowest BCUT2D eigenvalue weighted by atomic mass is 10.4. The third-order valence-electron chi connectivity index (χ3n) is 0.408. The fourth-order valence-electron chi connectivity index (χ4n) is 0. The van der Waals surface area contributed by atoms with E-state index in [-0.39, 0.29) is 0 Å². The molecular weight excluding hydrogens is 76.1 g/mol. The Morgan fingerprint density at radius 1 is 1.60 bits per heavy atom. The molecule has 1 radical (unpaired) electrons. The van der Waals surface area contributed by atoms with Gasteiger partial charge >= 0.3 is 0 Å². The molecule has 1 heteroatoms. The van der Waals surface area contributed by atoms with Crippen LogP contribution in [0.4, 0.5) is 0 Å². The maximum atomic E-state index is 2.11. The summed E-state index contributed by atoms with van der Waals surface area (Å²) >= 11 is 0. The van der Waals surface area contributed by atoms with Crippen molar-refractivity contribution in [1.29, 1.82) is 0 Å². The molecule has 0 heterocycles. The average Bonchev–Trinajstić information content (AvgIpc) is 1.38. The van der Waals surface area contributed by atoms with Crippen molar-refractivity contribution in [1.82, 2.24) is 0 Å². The van der Waals surface area contributed by atoms with Crippen LogP contribution in [0.3, 0.4) is 0 Å². The predicted molar refractivity (Wildman–Crippen MR) is 28.0 cm³/mol. The minimum absolute atomic E-state index is 1.39. The molecule has 0 aliphatic carbocycles. The fraction of sp³-hybridized carbons (Fsp3) is 0.500. The van der Waals surface area contributed by atoms with Gasteiger partial charge in [-0.25, -0.2) is 0 Å². The third-order valence-corrected chi connectivity index (χ3v) is 1.22. The van der Waals surface area contributed by atoms with Crippen molar-refractivity contribution in [3.8, 4) is 0 Å². The molecule has 0 aliphatic rings. The Labute approximate surface area is 36.3 Å². The molecular formula is C4H9Si. The molecule has 0 rings (SSSR count). The number of rotatable bonds is 0. The summed E-state index contributed by atoms with van der Waals surface area (Å²) in [7, 11) is 1.87. The van der Waals surface area contributed by atoms with E-state index in [0.717, 1.165) is 0 Å². The first-order valence-electron chi connectivity index (χ1n) is 1.70. The van der Waals surface area contributed by atoms with Crippen LogP contribution in [0.25, 0.3) is 0 Å². The van der Waals surface area contributed by atoms with Gasteiger partial charge in [0.15, 0.2) is 0 Å². The van der Waals surface area contributed by atoms with Crippen LogP contribution in [0.2, 0.25) is 0 Å². The molecule has 0 bridgehead atoms. The van der Waals surface area contributed by atoms with Gasteiger partial charge < -0.3 is 0 Å². The largest absolute Gasteiger partial charge is 0.106 e. The van der Waals surface area contributed by atoms with Crippen LogP contribution in [0, 0.1) is 0 Å². The molecule has 0 atom stereocenters. The van der Waals surface area contributed by atoms with Gasteiger partial charge in [-0.3, -0.25) is 0 Å². The summed E-state index contributed by atoms with van der Waals surface area (Å²) < 4.78 is 0. The van der Waals surface area contributed by atoms with Crippen LogP contribution in [-0.2, 0) is 0 Å². The normalized spacial score (nSPS) is 7.00. The van der Waals surface area contributed by atoms with Gasteiger partial charge in [0.2, 0.25) is 0 Å². The summed E-state index contributed by atoms with van der Waals surface area (Å²) in [6.45, 7) is 4.18. The Kier molecular flexibility index (Phi) is 2.19. The van der Waals surface area contributed by atoms with Crippen LogP contribution in [0.1, 0.15) is 13.8 Å². The van der Waals surface area contributed by atoms with E-state index in [0.29, 0.717) is 0 Å². The molecule has 0 aliphatic heterocycles. The molecule has 0 amide bonds. The molecule has 29 valence electrons. The summed E-state index contributed by atoms with van der Waals surface area (Å²) in [6, 6.07) is 0. The molecule has 0 aromatic heterocycles. The standard InChI is InChI=1S/C4H9Si/c1-4(2)3-5/h3H,5H2,1-2H3. The lowest BCUT2D eigenvalue weighted by Crippen LogP contribution is -1.57. The maximum absolute atomic E-state index is 2.11. The van der Waals surface area contributed by atoms with Gasteiger partial charge in [-0.2, -0.15) is 0 Å². The average molecular weight is 85.2 g/mol. The molecule has 0 fully saturated rings. The van der Waals surface area contributed by atoms with Gasteiger partial charge in [0.05, 0.1) is 0 Å². The Morgan fingerprint density at radius 2 is 1.80 bits per heavy atom. The van der Waals surface area contributed by atoms with E-state index >= 15 is 0 Å². The minimum atomic E-state index is 1.39. The monoisotopic (exact) mass is 85.0 g/mol. The second-order valence-corrected chi connectivity index (χ2v) is 1.69. The molecule has 0 saturated carbocycles. The van der Waals surface area contributed by atoms with Crippen LogP contribution in [-0.4, -0.2) is 10.2 Å². The van der Waals surface area contributed by atoms with Crippen molar-refractivity contribution in [3.63, 3.8) is 0 Å². The predicted octanol–water partition coefficient (Wildman–Crippen LogP) is 0.543. The highest BCUT2D eigenvalue weighted by Gasteiger charge is 1.60. The number of hydrogen-bond acceptors (Lipinski definition) is 0. The quantitative estimate of drug-likeness (QED) is 0.377. The molecule has 0 saturated heterocycles. The van der Waals surface area contributed by atoms with E-state index in [1.165, 1.54) is 5.57 Å². The highest BCUT2D eigenvalue weighted by atomic mass is 28.1. The van der Waals surface area contributed by atoms with Crippen LogP contribution in [0.15, 0.2) is 11.3 Å². The van der Waals surface area contributed by atoms with E-state index in [9.17, 15) is 0 Å². The molecule has 0 unspecified atom stereocenters. The summed E-state index contributed by atoms with van der Waals surface area (Å²) in [5.74, 6) is 0. The Balaban J connectivity index is 3.14. The summed E-state index contributed by atoms with van der Waals surface area (Å²) in [5.41, 5.74) is 3.50. The van der Waals surface area contributed by atoms with Crippen molar-refractivity contribution in [2.24, 2.45) is 0 Å². The highest BCUT2D eigenvalue weighted by molar-refractivity contribution is 6.17. The van der Waals surface area contributed by atoms with Crippen molar-refractivity contribution in [2.75, 3.05) is 0 Å². The summed E-state index contributed by atoms with van der Waals surface area (Å²) in [6.07, 6.45) is 0. The first-order chi connectivity index (χ1) is 2.27. The van der Waals surface area contributed by atoms with E-state index < -0.39 is 0 Å². The number of allylic oxidation sites excluding steroid dienone is 1. The first kappa shape index (κ1) is 4.96. The Hall–Kier alpha value is -0.0431. The molecule has 0 nitrogen and oxygen atoms in total. The third kappa shape index (κ3) is 3.96. The van der Waals surface area contributed by atoms with Crippen LogP contribution >= 0.6 is 0 Å². The van der Waals surface area contributed by atoms with Gasteiger partial charge in [-0.15, -0.1) is 5.70 Å². The summed E-state index contributed by atoms with van der Waals surface area (Å²) in [4.78, 5) is 0. The molecule has 0 N–H and O–H groups in total. The SMILES string of the molecule is CC(C)=C[SiH2]. The molecule has 0 aromatic carbocycles. The fourth-order valence-corrected chi connectivity index (χ4v) is 0. The van der Waals surface area contributed by atoms with Gasteiger partial charge in [0.1, 0.15) is 0 Å². The topological polar surface area (TPSA) is 0 Å². The second kappa shape index (κ2) is 2.21. The zero-order chi connectivity index (χ0) is 4.28. The zero-order valence-corrected chi connectivity index (χ0v) is 5.20. The Bertz CT molecular complexity index is 41.6. The van der Waals surface area contributed by atoms with E-state index in [1.54, 1.807) is 0 Å². The number of hydrogen-bond donors (Lipinski definition) is 0. The summed E-state index contributed by atoms with van der Waals surface area (Å²) in [5, 5.41) is 0. The second-order valence-electron chi connectivity index (χ2n) is 1.28. The van der Waals surface area contributed by atoms with Crippen LogP contribution < -0.4 is 0 Å². The van der Waals surface area contributed by atoms with Gasteiger partial charge in [0, 0.05) is 10.2 Å². The minimum Gasteiger partial charge on any atom is -0.106 e. The van der Waals surface area contributed by atoms with Crippen LogP contribution in [0.5, 0.6) is 0 Å². The molecule has 0 aromatic rings. The van der Waals surface area contributed by atoms with Crippen molar-refractivity contribution < 1.29 is 0 Å². The lowest BCUT2D eigenvalue weighted by Gasteiger charge is -1.74. The molecule has 0 spiro atoms.